The van der Waals surface area contributed by atoms with Gasteiger partial charge in [-0.2, -0.15) is 0 Å². The van der Waals surface area contributed by atoms with Crippen molar-refractivity contribution < 1.29 is 14.4 Å². The van der Waals surface area contributed by atoms with Crippen LogP contribution >= 0.6 is 11.3 Å². The van der Waals surface area contributed by atoms with E-state index in [0.29, 0.717) is 16.0 Å². The number of hydrogen-bond donors (Lipinski definition) is 0. The third kappa shape index (κ3) is 1.88. The normalized spacial score (nSPS) is 13.8. The SMILES string of the molecule is O=Cc1ccc(CN2C(=O)c3ccccc3C2=O)s1. The molecule has 0 saturated heterocycles. The van der Waals surface area contributed by atoms with E-state index in [1.807, 2.05) is 0 Å². The Morgan fingerprint density at radius 3 is 2.16 bits per heavy atom. The highest BCUT2D eigenvalue weighted by Gasteiger charge is 2.35. The van der Waals surface area contributed by atoms with Gasteiger partial charge in [-0.3, -0.25) is 19.3 Å². The molecule has 3 rings (SSSR count). The molecule has 19 heavy (non-hydrogen) atoms. The van der Waals surface area contributed by atoms with Crippen molar-refractivity contribution in [2.45, 2.75) is 6.54 Å². The predicted molar refractivity (Wildman–Crippen MR) is 70.4 cm³/mol. The maximum atomic E-state index is 12.1. The molecule has 0 aliphatic carbocycles. The van der Waals surface area contributed by atoms with E-state index in [9.17, 15) is 14.4 Å². The number of amides is 2. The van der Waals surface area contributed by atoms with Crippen LogP contribution in [0.25, 0.3) is 0 Å². The molecule has 94 valence electrons. The van der Waals surface area contributed by atoms with Crippen molar-refractivity contribution in [3.05, 3.63) is 57.3 Å². The first-order valence-corrected chi connectivity index (χ1v) is 6.51. The number of nitrogens with zero attached hydrogens (tertiary/aromatic N) is 1. The third-order valence-corrected chi connectivity index (χ3v) is 3.99. The van der Waals surface area contributed by atoms with E-state index in [2.05, 4.69) is 0 Å². The molecular weight excluding hydrogens is 262 g/mol. The molecule has 5 heteroatoms. The molecule has 0 spiro atoms. The number of thiophene rings is 1. The number of aldehydes is 1. The fraction of sp³-hybridized carbons (Fsp3) is 0.0714. The molecule has 0 saturated carbocycles. The molecule has 0 bridgehead atoms. The number of hydrogen-bond acceptors (Lipinski definition) is 4. The summed E-state index contributed by atoms with van der Waals surface area (Å²) in [6.45, 7) is 0.213. The molecule has 1 aliphatic heterocycles. The summed E-state index contributed by atoms with van der Waals surface area (Å²) >= 11 is 1.29. The second kappa shape index (κ2) is 4.44. The van der Waals surface area contributed by atoms with E-state index in [4.69, 9.17) is 0 Å². The first kappa shape index (κ1) is 11.8. The Hall–Kier alpha value is -2.27. The molecule has 0 N–H and O–H groups in total. The van der Waals surface area contributed by atoms with E-state index >= 15 is 0 Å². The van der Waals surface area contributed by atoms with E-state index in [1.165, 1.54) is 16.2 Å². The van der Waals surface area contributed by atoms with Crippen molar-refractivity contribution in [3.8, 4) is 0 Å². The molecule has 1 aromatic heterocycles. The highest BCUT2D eigenvalue weighted by Crippen LogP contribution is 2.26. The fourth-order valence-corrected chi connectivity index (χ4v) is 2.90. The summed E-state index contributed by atoms with van der Waals surface area (Å²) in [6.07, 6.45) is 0.760. The van der Waals surface area contributed by atoms with Crippen LogP contribution in [0.15, 0.2) is 36.4 Å². The zero-order chi connectivity index (χ0) is 13.4. The van der Waals surface area contributed by atoms with Crippen LogP contribution in [0, 0.1) is 0 Å². The maximum absolute atomic E-state index is 12.1. The van der Waals surface area contributed by atoms with Gasteiger partial charge in [0.15, 0.2) is 6.29 Å². The van der Waals surface area contributed by atoms with Gasteiger partial charge in [-0.05, 0) is 24.3 Å². The number of fused-ring (bicyclic) bond motifs is 1. The van der Waals surface area contributed by atoms with Crippen LogP contribution in [0.3, 0.4) is 0 Å². The lowest BCUT2D eigenvalue weighted by Gasteiger charge is -2.11. The summed E-state index contributed by atoms with van der Waals surface area (Å²) < 4.78 is 0. The Kier molecular flexibility index (Phi) is 2.76. The van der Waals surface area contributed by atoms with Crippen molar-refractivity contribution in [2.75, 3.05) is 0 Å². The van der Waals surface area contributed by atoms with Crippen LogP contribution in [-0.4, -0.2) is 23.0 Å². The topological polar surface area (TPSA) is 54.5 Å². The maximum Gasteiger partial charge on any atom is 0.261 e. The lowest BCUT2D eigenvalue weighted by atomic mass is 10.1. The molecule has 0 fully saturated rings. The largest absolute Gasteiger partial charge is 0.297 e. The van der Waals surface area contributed by atoms with Gasteiger partial charge in [-0.15, -0.1) is 11.3 Å². The summed E-state index contributed by atoms with van der Waals surface area (Å²) in [6, 6.07) is 10.2. The standard InChI is InChI=1S/C14H9NO3S/c16-8-10-6-5-9(19-10)7-15-13(17)11-3-1-2-4-12(11)14(15)18/h1-6,8H,7H2. The fourth-order valence-electron chi connectivity index (χ4n) is 2.08. The monoisotopic (exact) mass is 271 g/mol. The van der Waals surface area contributed by atoms with Crippen LogP contribution < -0.4 is 0 Å². The minimum atomic E-state index is -0.276. The molecule has 2 aromatic rings. The molecular formula is C14H9NO3S. The Morgan fingerprint density at radius 2 is 1.63 bits per heavy atom. The molecule has 1 aliphatic rings. The summed E-state index contributed by atoms with van der Waals surface area (Å²) in [5.41, 5.74) is 0.888. The number of carbonyl (C=O) groups is 3. The van der Waals surface area contributed by atoms with Gasteiger partial charge in [0.2, 0.25) is 0 Å². The van der Waals surface area contributed by atoms with E-state index < -0.39 is 0 Å². The van der Waals surface area contributed by atoms with Crippen LogP contribution in [0.4, 0.5) is 0 Å². The molecule has 0 atom stereocenters. The highest BCUT2D eigenvalue weighted by molar-refractivity contribution is 7.13. The van der Waals surface area contributed by atoms with Gasteiger partial charge < -0.3 is 0 Å². The van der Waals surface area contributed by atoms with Gasteiger partial charge in [0.1, 0.15) is 0 Å². The van der Waals surface area contributed by atoms with Crippen LogP contribution in [0.2, 0.25) is 0 Å². The number of benzene rings is 1. The van der Waals surface area contributed by atoms with Crippen molar-refractivity contribution in [1.29, 1.82) is 0 Å². The lowest BCUT2D eigenvalue weighted by Crippen LogP contribution is -2.28. The Morgan fingerprint density at radius 1 is 1.00 bits per heavy atom. The van der Waals surface area contributed by atoms with E-state index in [-0.39, 0.29) is 18.4 Å². The Bertz CT molecular complexity index is 655. The number of imide groups is 1. The van der Waals surface area contributed by atoms with Crippen molar-refractivity contribution >= 4 is 29.4 Å². The lowest BCUT2D eigenvalue weighted by molar-refractivity contribution is 0.0643. The number of rotatable bonds is 3. The van der Waals surface area contributed by atoms with Crippen LogP contribution in [0.1, 0.15) is 35.3 Å². The summed E-state index contributed by atoms with van der Waals surface area (Å²) in [7, 11) is 0. The zero-order valence-corrected chi connectivity index (χ0v) is 10.6. The first-order chi connectivity index (χ1) is 9.20. The smallest absolute Gasteiger partial charge is 0.261 e. The van der Waals surface area contributed by atoms with Gasteiger partial charge in [0, 0.05) is 4.88 Å². The average Bonchev–Trinajstić information content (AvgIpc) is 2.99. The molecule has 1 aromatic carbocycles. The molecule has 2 amide bonds. The highest BCUT2D eigenvalue weighted by atomic mass is 32.1. The molecule has 2 heterocycles. The first-order valence-electron chi connectivity index (χ1n) is 5.70. The number of carbonyl (C=O) groups excluding carboxylic acids is 3. The minimum absolute atomic E-state index is 0.213. The predicted octanol–water partition coefficient (Wildman–Crippen LogP) is 2.36. The summed E-state index contributed by atoms with van der Waals surface area (Å²) in [4.78, 5) is 37.5. The summed E-state index contributed by atoms with van der Waals surface area (Å²) in [5.74, 6) is -0.552. The second-order valence-electron chi connectivity index (χ2n) is 4.16. The minimum Gasteiger partial charge on any atom is -0.297 e. The van der Waals surface area contributed by atoms with Gasteiger partial charge in [-0.25, -0.2) is 0 Å². The van der Waals surface area contributed by atoms with Gasteiger partial charge in [0.25, 0.3) is 11.8 Å². The average molecular weight is 271 g/mol. The van der Waals surface area contributed by atoms with Gasteiger partial charge >= 0.3 is 0 Å². The molecule has 4 nitrogen and oxygen atoms in total. The quantitative estimate of drug-likeness (QED) is 0.636. The van der Waals surface area contributed by atoms with Crippen molar-refractivity contribution in [1.82, 2.24) is 4.90 Å². The van der Waals surface area contributed by atoms with E-state index in [0.717, 1.165) is 11.2 Å². The van der Waals surface area contributed by atoms with Gasteiger partial charge in [-0.1, -0.05) is 12.1 Å². The van der Waals surface area contributed by atoms with Crippen LogP contribution in [0.5, 0.6) is 0 Å². The van der Waals surface area contributed by atoms with Crippen molar-refractivity contribution in [3.63, 3.8) is 0 Å². The van der Waals surface area contributed by atoms with Crippen molar-refractivity contribution in [2.24, 2.45) is 0 Å². The zero-order valence-electron chi connectivity index (χ0n) is 9.83. The molecule has 0 unspecified atom stereocenters. The van der Waals surface area contributed by atoms with E-state index in [1.54, 1.807) is 36.4 Å². The summed E-state index contributed by atoms with van der Waals surface area (Å²) in [5, 5.41) is 0. The second-order valence-corrected chi connectivity index (χ2v) is 5.36. The van der Waals surface area contributed by atoms with Crippen LogP contribution in [-0.2, 0) is 6.54 Å². The Balaban J connectivity index is 1.90. The Labute approximate surface area is 113 Å². The van der Waals surface area contributed by atoms with Gasteiger partial charge in [0.05, 0.1) is 22.5 Å². The molecule has 0 radical (unpaired) electrons. The third-order valence-electron chi connectivity index (χ3n) is 2.99.